The Morgan fingerprint density at radius 2 is 1.81 bits per heavy atom. The highest BCUT2D eigenvalue weighted by Gasteiger charge is 2.19. The number of carboxylic acids is 1. The van der Waals surface area contributed by atoms with Crippen LogP contribution in [0.5, 0.6) is 11.5 Å². The minimum Gasteiger partial charge on any atom is -0.507 e. The van der Waals surface area contributed by atoms with E-state index in [1.54, 1.807) is 0 Å². The summed E-state index contributed by atoms with van der Waals surface area (Å²) in [6, 6.07) is 10.9. The summed E-state index contributed by atoms with van der Waals surface area (Å²) < 4.78 is 5.27. The third-order valence-corrected chi connectivity index (χ3v) is 3.62. The van der Waals surface area contributed by atoms with Gasteiger partial charge in [-0.15, -0.1) is 0 Å². The van der Waals surface area contributed by atoms with Gasteiger partial charge in [0.1, 0.15) is 17.1 Å². The Balaban J connectivity index is 2.53. The Bertz CT molecular complexity index is 659. The molecule has 0 saturated heterocycles. The van der Waals surface area contributed by atoms with Crippen molar-refractivity contribution in [1.82, 2.24) is 0 Å². The van der Waals surface area contributed by atoms with Crippen molar-refractivity contribution in [3.05, 3.63) is 58.7 Å². The third kappa shape index (κ3) is 2.99. The number of aromatic carboxylic acids is 1. The quantitative estimate of drug-likeness (QED) is 0.901. The number of hydrogen-bond donors (Lipinski definition) is 2. The molecule has 0 fully saturated rings. The number of benzene rings is 2. The molecule has 0 aliphatic carbocycles. The lowest BCUT2D eigenvalue weighted by Crippen LogP contribution is -2.04. The molecular weight excluding hydrogens is 268 g/mol. The van der Waals surface area contributed by atoms with Gasteiger partial charge in [-0.25, -0.2) is 4.79 Å². The lowest BCUT2D eigenvalue weighted by Gasteiger charge is -2.17. The molecule has 1 unspecified atom stereocenters. The lowest BCUT2D eigenvalue weighted by molar-refractivity contribution is 0.0693. The predicted molar refractivity (Wildman–Crippen MR) is 80.3 cm³/mol. The maximum absolute atomic E-state index is 11.2. The topological polar surface area (TPSA) is 66.8 Å². The Morgan fingerprint density at radius 3 is 2.33 bits per heavy atom. The lowest BCUT2D eigenvalue weighted by atomic mass is 9.90. The molecule has 0 heterocycles. The molecule has 1 atom stereocenters. The molecule has 0 amide bonds. The van der Waals surface area contributed by atoms with Crippen molar-refractivity contribution in [3.8, 4) is 11.5 Å². The molecule has 4 heteroatoms. The minimum absolute atomic E-state index is 0.0424. The van der Waals surface area contributed by atoms with E-state index in [0.29, 0.717) is 5.75 Å². The van der Waals surface area contributed by atoms with Crippen LogP contribution in [0.3, 0.4) is 0 Å². The summed E-state index contributed by atoms with van der Waals surface area (Å²) in [5.41, 5.74) is 2.83. The van der Waals surface area contributed by atoms with Crippen LogP contribution < -0.4 is 4.74 Å². The van der Waals surface area contributed by atoms with E-state index in [-0.39, 0.29) is 17.2 Å². The summed E-state index contributed by atoms with van der Waals surface area (Å²) in [5.74, 6) is -1.02. The first-order valence-electron chi connectivity index (χ1n) is 6.64. The number of rotatable bonds is 4. The van der Waals surface area contributed by atoms with E-state index in [1.807, 2.05) is 38.1 Å². The Morgan fingerprint density at radius 1 is 1.19 bits per heavy atom. The van der Waals surface area contributed by atoms with Crippen molar-refractivity contribution in [2.45, 2.75) is 19.8 Å². The number of hydrogen-bond acceptors (Lipinski definition) is 3. The number of aryl methyl sites for hydroxylation is 1. The Hall–Kier alpha value is -2.49. The van der Waals surface area contributed by atoms with Gasteiger partial charge in [-0.3, -0.25) is 0 Å². The Labute approximate surface area is 123 Å². The average molecular weight is 286 g/mol. The fourth-order valence-electron chi connectivity index (χ4n) is 2.31. The summed E-state index contributed by atoms with van der Waals surface area (Å²) in [6.07, 6.45) is 0. The molecule has 2 rings (SSSR count). The molecule has 2 aromatic rings. The van der Waals surface area contributed by atoms with Crippen LogP contribution in [0, 0.1) is 6.92 Å². The van der Waals surface area contributed by atoms with Crippen LogP contribution in [0.1, 0.15) is 39.9 Å². The standard InChI is InChI=1S/C17H18O4/c1-10-4-6-12(7-5-10)11(2)13-8-14(17(19)20)15(18)9-16(13)21-3/h4-9,11,18H,1-3H3,(H,19,20). The molecule has 0 saturated carbocycles. The fraction of sp³-hybridized carbons (Fsp3) is 0.235. The molecule has 0 aliphatic rings. The molecule has 0 spiro atoms. The molecule has 110 valence electrons. The van der Waals surface area contributed by atoms with E-state index in [0.717, 1.165) is 16.7 Å². The van der Waals surface area contributed by atoms with Gasteiger partial charge in [0, 0.05) is 17.5 Å². The summed E-state index contributed by atoms with van der Waals surface area (Å²) in [5, 5.41) is 18.9. The number of carboxylic acid groups (broad SMARTS) is 1. The van der Waals surface area contributed by atoms with Gasteiger partial charge in [-0.1, -0.05) is 36.8 Å². The normalized spacial score (nSPS) is 12.0. The van der Waals surface area contributed by atoms with Gasteiger partial charge in [0.25, 0.3) is 0 Å². The first-order chi connectivity index (χ1) is 9.93. The predicted octanol–water partition coefficient (Wildman–Crippen LogP) is 3.56. The van der Waals surface area contributed by atoms with Gasteiger partial charge < -0.3 is 14.9 Å². The highest BCUT2D eigenvalue weighted by molar-refractivity contribution is 5.91. The van der Waals surface area contributed by atoms with Crippen molar-refractivity contribution >= 4 is 5.97 Å². The second-order valence-electron chi connectivity index (χ2n) is 5.05. The number of phenols is 1. The SMILES string of the molecule is COc1cc(O)c(C(=O)O)cc1C(C)c1ccc(C)cc1. The fourth-order valence-corrected chi connectivity index (χ4v) is 2.31. The molecule has 2 N–H and O–H groups in total. The summed E-state index contributed by atoms with van der Waals surface area (Å²) in [4.78, 5) is 11.2. The molecular formula is C17H18O4. The van der Waals surface area contributed by atoms with Crippen LogP contribution in [-0.2, 0) is 0 Å². The van der Waals surface area contributed by atoms with Gasteiger partial charge >= 0.3 is 5.97 Å². The van der Waals surface area contributed by atoms with Crippen LogP contribution in [-0.4, -0.2) is 23.3 Å². The molecule has 0 radical (unpaired) electrons. The number of aromatic hydroxyl groups is 1. The van der Waals surface area contributed by atoms with Crippen molar-refractivity contribution in [2.75, 3.05) is 7.11 Å². The first kappa shape index (κ1) is 14.9. The third-order valence-electron chi connectivity index (χ3n) is 3.62. The smallest absolute Gasteiger partial charge is 0.339 e. The maximum atomic E-state index is 11.2. The minimum atomic E-state index is -1.16. The highest BCUT2D eigenvalue weighted by atomic mass is 16.5. The first-order valence-corrected chi connectivity index (χ1v) is 6.64. The Kier molecular flexibility index (Phi) is 4.17. The van der Waals surface area contributed by atoms with Crippen molar-refractivity contribution < 1.29 is 19.7 Å². The number of carbonyl (C=O) groups is 1. The van der Waals surface area contributed by atoms with E-state index >= 15 is 0 Å². The van der Waals surface area contributed by atoms with Gasteiger partial charge in [0.2, 0.25) is 0 Å². The number of ether oxygens (including phenoxy) is 1. The van der Waals surface area contributed by atoms with Crippen molar-refractivity contribution in [3.63, 3.8) is 0 Å². The van der Waals surface area contributed by atoms with Gasteiger partial charge in [-0.05, 0) is 18.6 Å². The zero-order chi connectivity index (χ0) is 15.6. The second kappa shape index (κ2) is 5.87. The van der Waals surface area contributed by atoms with Gasteiger partial charge in [0.15, 0.2) is 0 Å². The van der Waals surface area contributed by atoms with Crippen molar-refractivity contribution in [2.24, 2.45) is 0 Å². The molecule has 0 aromatic heterocycles. The molecule has 21 heavy (non-hydrogen) atoms. The zero-order valence-corrected chi connectivity index (χ0v) is 12.3. The monoisotopic (exact) mass is 286 g/mol. The van der Waals surface area contributed by atoms with Crippen LogP contribution in [0.2, 0.25) is 0 Å². The summed E-state index contributed by atoms with van der Waals surface area (Å²) >= 11 is 0. The van der Waals surface area contributed by atoms with Crippen LogP contribution >= 0.6 is 0 Å². The summed E-state index contributed by atoms with van der Waals surface area (Å²) in [6.45, 7) is 3.99. The van der Waals surface area contributed by atoms with E-state index in [4.69, 9.17) is 9.84 Å². The van der Waals surface area contributed by atoms with E-state index in [9.17, 15) is 9.90 Å². The average Bonchev–Trinajstić information content (AvgIpc) is 2.46. The van der Waals surface area contributed by atoms with Crippen LogP contribution in [0.15, 0.2) is 36.4 Å². The highest BCUT2D eigenvalue weighted by Crippen LogP contribution is 2.36. The summed E-state index contributed by atoms with van der Waals surface area (Å²) in [7, 11) is 1.50. The largest absolute Gasteiger partial charge is 0.507 e. The maximum Gasteiger partial charge on any atom is 0.339 e. The van der Waals surface area contributed by atoms with Crippen molar-refractivity contribution in [1.29, 1.82) is 0 Å². The molecule has 4 nitrogen and oxygen atoms in total. The molecule has 0 aliphatic heterocycles. The molecule has 2 aromatic carbocycles. The van der Waals surface area contributed by atoms with Crippen LogP contribution in [0.4, 0.5) is 0 Å². The van der Waals surface area contributed by atoms with E-state index < -0.39 is 5.97 Å². The van der Waals surface area contributed by atoms with E-state index in [1.165, 1.54) is 19.2 Å². The second-order valence-corrected chi connectivity index (χ2v) is 5.05. The van der Waals surface area contributed by atoms with Crippen LogP contribution in [0.25, 0.3) is 0 Å². The molecule has 0 bridgehead atoms. The van der Waals surface area contributed by atoms with Gasteiger partial charge in [0.05, 0.1) is 7.11 Å². The van der Waals surface area contributed by atoms with E-state index in [2.05, 4.69) is 0 Å². The number of methoxy groups -OCH3 is 1. The zero-order valence-electron chi connectivity index (χ0n) is 12.3. The van der Waals surface area contributed by atoms with Gasteiger partial charge in [-0.2, -0.15) is 0 Å².